The van der Waals surface area contributed by atoms with Crippen molar-refractivity contribution in [3.8, 4) is 11.5 Å². The minimum atomic E-state index is -0.617. The molecular weight excluding hydrogens is 658 g/mol. The second-order valence-corrected chi connectivity index (χ2v) is 12.4. The predicted molar refractivity (Wildman–Crippen MR) is 196 cm³/mol. The number of amides is 3. The number of hydrogen-bond donors (Lipinski definition) is 3. The van der Waals surface area contributed by atoms with E-state index in [0.717, 1.165) is 16.0 Å². The molecule has 0 aliphatic rings. The van der Waals surface area contributed by atoms with Gasteiger partial charge in [-0.3, -0.25) is 14.4 Å². The van der Waals surface area contributed by atoms with Gasteiger partial charge in [-0.05, 0) is 84.8 Å². The molecule has 0 aliphatic carbocycles. The molecule has 0 saturated carbocycles. The van der Waals surface area contributed by atoms with Crippen molar-refractivity contribution in [1.29, 1.82) is 0 Å². The van der Waals surface area contributed by atoms with Crippen molar-refractivity contribution in [2.45, 2.75) is 17.1 Å². The molecule has 0 bridgehead atoms. The molecule has 5 rings (SSSR count). The molecule has 0 radical (unpaired) electrons. The van der Waals surface area contributed by atoms with Crippen LogP contribution in [0.5, 0.6) is 11.5 Å². The van der Waals surface area contributed by atoms with Crippen LogP contribution in [0.2, 0.25) is 5.02 Å². The van der Waals surface area contributed by atoms with Gasteiger partial charge in [0.05, 0.1) is 14.2 Å². The number of thioether (sulfide) groups is 1. The van der Waals surface area contributed by atoms with Crippen LogP contribution in [0.4, 0.5) is 11.4 Å². The summed E-state index contributed by atoms with van der Waals surface area (Å²) in [5, 5.41) is 8.57. The highest BCUT2D eigenvalue weighted by atomic mass is 35.5. The number of anilines is 2. The highest BCUT2D eigenvalue weighted by Crippen LogP contribution is 2.37. The van der Waals surface area contributed by atoms with Crippen molar-refractivity contribution in [1.82, 2.24) is 5.32 Å². The Hall–Kier alpha value is -5.51. The van der Waals surface area contributed by atoms with Crippen LogP contribution in [0.25, 0.3) is 6.08 Å². The number of nitrogens with one attached hydrogen (secondary N) is 3. The van der Waals surface area contributed by atoms with Gasteiger partial charge in [-0.1, -0.05) is 72.3 Å². The molecular formula is C39H34ClN3O5S. The lowest BCUT2D eigenvalue weighted by Crippen LogP contribution is -2.30. The number of methoxy groups -OCH3 is 2. The second-order valence-electron chi connectivity index (χ2n) is 10.8. The van der Waals surface area contributed by atoms with Gasteiger partial charge in [0.2, 0.25) is 5.91 Å². The first-order valence-corrected chi connectivity index (χ1v) is 16.5. The van der Waals surface area contributed by atoms with Gasteiger partial charge in [0.25, 0.3) is 11.8 Å². The lowest BCUT2D eigenvalue weighted by Gasteiger charge is -2.18. The van der Waals surface area contributed by atoms with Gasteiger partial charge in [0, 0.05) is 32.4 Å². The summed E-state index contributed by atoms with van der Waals surface area (Å²) < 4.78 is 10.9. The van der Waals surface area contributed by atoms with E-state index >= 15 is 0 Å². The summed E-state index contributed by atoms with van der Waals surface area (Å²) in [5.41, 5.74) is 3.66. The molecule has 10 heteroatoms. The minimum absolute atomic E-state index is 0.0169. The summed E-state index contributed by atoms with van der Waals surface area (Å²) in [6.07, 6.45) is 1.53. The number of aryl methyl sites for hydroxylation is 1. The molecule has 0 fully saturated rings. The van der Waals surface area contributed by atoms with Crippen molar-refractivity contribution < 1.29 is 23.9 Å². The summed E-state index contributed by atoms with van der Waals surface area (Å²) >= 11 is 7.64. The van der Waals surface area contributed by atoms with E-state index in [0.29, 0.717) is 39.0 Å². The zero-order valence-corrected chi connectivity index (χ0v) is 28.6. The Kier molecular flexibility index (Phi) is 11.8. The van der Waals surface area contributed by atoms with E-state index in [1.165, 1.54) is 32.1 Å². The van der Waals surface area contributed by atoms with Gasteiger partial charge in [-0.2, -0.15) is 0 Å². The van der Waals surface area contributed by atoms with Crippen molar-refractivity contribution in [2.24, 2.45) is 0 Å². The first-order chi connectivity index (χ1) is 23.7. The molecule has 1 atom stereocenters. The third kappa shape index (κ3) is 9.31. The van der Waals surface area contributed by atoms with Crippen LogP contribution in [-0.2, 0) is 9.59 Å². The second kappa shape index (κ2) is 16.5. The fourth-order valence-electron chi connectivity index (χ4n) is 4.81. The predicted octanol–water partition coefficient (Wildman–Crippen LogP) is 8.55. The van der Waals surface area contributed by atoms with Crippen LogP contribution in [0.1, 0.15) is 32.3 Å². The van der Waals surface area contributed by atoms with Gasteiger partial charge in [0.1, 0.15) is 22.4 Å². The van der Waals surface area contributed by atoms with E-state index in [9.17, 15) is 14.4 Å². The van der Waals surface area contributed by atoms with E-state index in [4.69, 9.17) is 21.1 Å². The van der Waals surface area contributed by atoms with Crippen LogP contribution in [0.15, 0.2) is 132 Å². The van der Waals surface area contributed by atoms with Crippen molar-refractivity contribution in [3.63, 3.8) is 0 Å². The van der Waals surface area contributed by atoms with Crippen molar-refractivity contribution in [2.75, 3.05) is 24.9 Å². The highest BCUT2D eigenvalue weighted by molar-refractivity contribution is 8.00. The van der Waals surface area contributed by atoms with E-state index in [1.54, 1.807) is 72.8 Å². The van der Waals surface area contributed by atoms with Gasteiger partial charge in [0.15, 0.2) is 0 Å². The molecule has 0 aliphatic heterocycles. The largest absolute Gasteiger partial charge is 0.497 e. The van der Waals surface area contributed by atoms with Crippen LogP contribution in [-0.4, -0.2) is 31.9 Å². The number of benzene rings is 5. The lowest BCUT2D eigenvalue weighted by atomic mass is 10.1. The number of ether oxygens (including phenoxy) is 2. The summed E-state index contributed by atoms with van der Waals surface area (Å²) in [5.74, 6) is -0.221. The smallest absolute Gasteiger partial charge is 0.272 e. The van der Waals surface area contributed by atoms with Crippen LogP contribution >= 0.6 is 23.4 Å². The Labute approximate surface area is 294 Å². The zero-order valence-electron chi connectivity index (χ0n) is 27.0. The summed E-state index contributed by atoms with van der Waals surface area (Å²) in [6.45, 7) is 1.90. The molecule has 3 N–H and O–H groups in total. The molecule has 0 heterocycles. The molecule has 0 aromatic heterocycles. The number of carbonyl (C=O) groups excluding carboxylic acids is 3. The number of halogens is 1. The van der Waals surface area contributed by atoms with Crippen LogP contribution in [0.3, 0.4) is 0 Å². The summed E-state index contributed by atoms with van der Waals surface area (Å²) in [6, 6.07) is 35.7. The highest BCUT2D eigenvalue weighted by Gasteiger charge is 2.23. The normalized spacial score (nSPS) is 11.6. The van der Waals surface area contributed by atoms with E-state index in [1.807, 2.05) is 55.5 Å². The summed E-state index contributed by atoms with van der Waals surface area (Å²) in [7, 11) is 3.05. The molecule has 248 valence electrons. The molecule has 8 nitrogen and oxygen atoms in total. The van der Waals surface area contributed by atoms with Gasteiger partial charge < -0.3 is 25.4 Å². The standard InChI is InChI=1S/C39H34ClN3O5S/c1-25-17-18-30(24-33(25)40)42-39(46)36(26-11-6-4-7-12-26)49-32-16-10-15-29(23-32)41-38(45)34(43-37(44)27-13-8-5-9-14-27)22-28-21-31(47-2)19-20-35(28)48-3/h4-24,36H,1-3H3,(H,41,45)(H,42,46)(H,43,44)/b34-22+. The maximum Gasteiger partial charge on any atom is 0.272 e. The minimum Gasteiger partial charge on any atom is -0.497 e. The molecule has 5 aromatic carbocycles. The maximum absolute atomic E-state index is 13.8. The monoisotopic (exact) mass is 691 g/mol. The molecule has 0 saturated heterocycles. The molecule has 3 amide bonds. The van der Waals surface area contributed by atoms with E-state index < -0.39 is 17.1 Å². The Morgan fingerprint density at radius 2 is 1.47 bits per heavy atom. The van der Waals surface area contributed by atoms with Gasteiger partial charge in [-0.25, -0.2) is 0 Å². The SMILES string of the molecule is COc1ccc(OC)c(/C=C(/NC(=O)c2ccccc2)C(=O)Nc2cccc(SC(C(=O)Nc3ccc(C)c(Cl)c3)c3ccccc3)c2)c1. The third-order valence-electron chi connectivity index (χ3n) is 7.39. The first kappa shape index (κ1) is 34.8. The molecule has 49 heavy (non-hydrogen) atoms. The Morgan fingerprint density at radius 3 is 2.16 bits per heavy atom. The van der Waals surface area contributed by atoms with Crippen LogP contribution < -0.4 is 25.4 Å². The zero-order chi connectivity index (χ0) is 34.8. The average Bonchev–Trinajstić information content (AvgIpc) is 3.12. The molecule has 5 aromatic rings. The maximum atomic E-state index is 13.8. The lowest BCUT2D eigenvalue weighted by molar-refractivity contribution is -0.116. The number of hydrogen-bond acceptors (Lipinski definition) is 6. The average molecular weight is 692 g/mol. The van der Waals surface area contributed by atoms with E-state index in [-0.39, 0.29) is 11.6 Å². The Bertz CT molecular complexity index is 1990. The Balaban J connectivity index is 1.41. The van der Waals surface area contributed by atoms with Crippen molar-refractivity contribution in [3.05, 3.63) is 154 Å². The summed E-state index contributed by atoms with van der Waals surface area (Å²) in [4.78, 5) is 41.4. The van der Waals surface area contributed by atoms with E-state index in [2.05, 4.69) is 16.0 Å². The van der Waals surface area contributed by atoms with Gasteiger partial charge >= 0.3 is 0 Å². The van der Waals surface area contributed by atoms with Gasteiger partial charge in [-0.15, -0.1) is 11.8 Å². The fourth-order valence-corrected chi connectivity index (χ4v) is 6.08. The first-order valence-electron chi connectivity index (χ1n) is 15.2. The molecule has 0 spiro atoms. The quantitative estimate of drug-likeness (QED) is 0.0895. The number of rotatable bonds is 12. The fraction of sp³-hybridized carbons (Fsp3) is 0.103. The Morgan fingerprint density at radius 1 is 0.755 bits per heavy atom. The van der Waals surface area contributed by atoms with Crippen molar-refractivity contribution >= 4 is 58.5 Å². The van der Waals surface area contributed by atoms with Crippen LogP contribution in [0, 0.1) is 6.92 Å². The molecule has 1 unspecified atom stereocenters. The number of carbonyl (C=O) groups is 3. The third-order valence-corrected chi connectivity index (χ3v) is 9.05. The topological polar surface area (TPSA) is 106 Å².